The minimum Gasteiger partial charge on any atom is -0.491 e. The summed E-state index contributed by atoms with van der Waals surface area (Å²) in [7, 11) is 0. The van der Waals surface area contributed by atoms with Gasteiger partial charge in [0.05, 0.1) is 17.6 Å². The maximum Gasteiger partial charge on any atom is 0.292 e. The smallest absolute Gasteiger partial charge is 0.292 e. The van der Waals surface area contributed by atoms with Gasteiger partial charge >= 0.3 is 0 Å². The predicted molar refractivity (Wildman–Crippen MR) is 106 cm³/mol. The second-order valence-corrected chi connectivity index (χ2v) is 6.46. The van der Waals surface area contributed by atoms with E-state index in [1.165, 1.54) is 10.9 Å². The number of rotatable bonds is 7. The normalized spacial score (nSPS) is 11.8. The number of anilines is 1. The molecular formula is C20H20ClN3O3. The summed E-state index contributed by atoms with van der Waals surface area (Å²) in [6.45, 7) is 2.25. The van der Waals surface area contributed by atoms with Crippen molar-refractivity contribution in [1.82, 2.24) is 9.78 Å². The number of nitrogens with one attached hydrogen (secondary N) is 1. The molecule has 0 aliphatic carbocycles. The lowest BCUT2D eigenvalue weighted by Gasteiger charge is -2.15. The summed E-state index contributed by atoms with van der Waals surface area (Å²) < 4.78 is 6.79. The maximum absolute atomic E-state index is 12.4. The van der Waals surface area contributed by atoms with Crippen molar-refractivity contribution in [3.8, 4) is 11.4 Å². The van der Waals surface area contributed by atoms with Crippen LogP contribution in [0.1, 0.15) is 5.56 Å². The second kappa shape index (κ2) is 8.70. The van der Waals surface area contributed by atoms with Gasteiger partial charge in [0, 0.05) is 6.54 Å². The van der Waals surface area contributed by atoms with Crippen molar-refractivity contribution in [2.24, 2.45) is 0 Å². The number of para-hydroxylation sites is 1. The fourth-order valence-corrected chi connectivity index (χ4v) is 2.69. The van der Waals surface area contributed by atoms with Crippen molar-refractivity contribution < 1.29 is 9.84 Å². The molecule has 2 N–H and O–H groups in total. The van der Waals surface area contributed by atoms with Gasteiger partial charge in [-0.15, -0.1) is 0 Å². The molecule has 3 rings (SSSR count). The van der Waals surface area contributed by atoms with Crippen molar-refractivity contribution in [2.45, 2.75) is 13.0 Å². The molecule has 1 unspecified atom stereocenters. The minimum absolute atomic E-state index is 0.0145. The van der Waals surface area contributed by atoms with Gasteiger partial charge in [-0.05, 0) is 36.8 Å². The third kappa shape index (κ3) is 4.87. The summed E-state index contributed by atoms with van der Waals surface area (Å²) >= 11 is 6.17. The lowest BCUT2D eigenvalue weighted by molar-refractivity contribution is 0.117. The highest BCUT2D eigenvalue weighted by Crippen LogP contribution is 2.17. The highest BCUT2D eigenvalue weighted by Gasteiger charge is 2.12. The highest BCUT2D eigenvalue weighted by atomic mass is 35.5. The first kappa shape index (κ1) is 18.9. The molecule has 0 bridgehead atoms. The van der Waals surface area contributed by atoms with E-state index in [0.29, 0.717) is 17.1 Å². The van der Waals surface area contributed by atoms with Crippen LogP contribution < -0.4 is 15.6 Å². The van der Waals surface area contributed by atoms with Crippen LogP contribution in [0.15, 0.2) is 65.6 Å². The van der Waals surface area contributed by atoms with Crippen molar-refractivity contribution in [1.29, 1.82) is 0 Å². The number of hydrogen-bond donors (Lipinski definition) is 2. The zero-order valence-electron chi connectivity index (χ0n) is 14.8. The zero-order chi connectivity index (χ0) is 19.2. The van der Waals surface area contributed by atoms with E-state index in [1.54, 1.807) is 12.1 Å². The van der Waals surface area contributed by atoms with E-state index in [-0.39, 0.29) is 18.2 Å². The monoisotopic (exact) mass is 385 g/mol. The number of nitrogens with zero attached hydrogens (tertiary/aromatic N) is 2. The molecule has 2 aromatic carbocycles. The van der Waals surface area contributed by atoms with Crippen molar-refractivity contribution in [3.05, 3.63) is 81.7 Å². The largest absolute Gasteiger partial charge is 0.491 e. The Kier molecular flexibility index (Phi) is 6.11. The molecule has 7 heteroatoms. The summed E-state index contributed by atoms with van der Waals surface area (Å²) in [4.78, 5) is 12.4. The van der Waals surface area contributed by atoms with Crippen LogP contribution in [0.3, 0.4) is 0 Å². The molecule has 27 heavy (non-hydrogen) atoms. The van der Waals surface area contributed by atoms with E-state index in [1.807, 2.05) is 49.4 Å². The first-order valence-electron chi connectivity index (χ1n) is 8.49. The summed E-state index contributed by atoms with van der Waals surface area (Å²) in [6, 6.07) is 16.6. The topological polar surface area (TPSA) is 76.4 Å². The maximum atomic E-state index is 12.4. The van der Waals surface area contributed by atoms with Crippen LogP contribution in [0.25, 0.3) is 5.69 Å². The lowest BCUT2D eigenvalue weighted by atomic mass is 10.2. The van der Waals surface area contributed by atoms with Gasteiger partial charge in [-0.1, -0.05) is 41.9 Å². The molecule has 6 nitrogen and oxygen atoms in total. The molecule has 0 radical (unpaired) electrons. The van der Waals surface area contributed by atoms with Crippen LogP contribution in [-0.4, -0.2) is 34.1 Å². The Morgan fingerprint density at radius 3 is 2.74 bits per heavy atom. The average molecular weight is 386 g/mol. The number of aromatic nitrogens is 2. The SMILES string of the molecule is Cc1cccc(OCC(O)CNc2cnn(-c3ccccc3)c(=O)c2Cl)c1. The Labute approximate surface area is 162 Å². The Balaban J connectivity index is 1.61. The first-order valence-corrected chi connectivity index (χ1v) is 8.87. The van der Waals surface area contributed by atoms with Crippen LogP contribution in [0.5, 0.6) is 5.75 Å². The fourth-order valence-electron chi connectivity index (χ4n) is 2.49. The number of ether oxygens (including phenoxy) is 1. The number of halogens is 1. The summed E-state index contributed by atoms with van der Waals surface area (Å²) in [6.07, 6.45) is 0.684. The van der Waals surface area contributed by atoms with E-state index in [4.69, 9.17) is 16.3 Å². The Morgan fingerprint density at radius 1 is 1.22 bits per heavy atom. The molecule has 1 aromatic heterocycles. The van der Waals surface area contributed by atoms with Crippen LogP contribution in [0.2, 0.25) is 5.02 Å². The van der Waals surface area contributed by atoms with Gasteiger partial charge < -0.3 is 15.2 Å². The molecule has 0 fully saturated rings. The second-order valence-electron chi connectivity index (χ2n) is 6.09. The Bertz CT molecular complexity index is 960. The van der Waals surface area contributed by atoms with E-state index < -0.39 is 11.7 Å². The third-order valence-corrected chi connectivity index (χ3v) is 4.25. The van der Waals surface area contributed by atoms with E-state index in [2.05, 4.69) is 10.4 Å². The Morgan fingerprint density at radius 2 is 2.00 bits per heavy atom. The molecule has 140 valence electrons. The molecule has 3 aromatic rings. The number of benzene rings is 2. The van der Waals surface area contributed by atoms with Gasteiger partial charge in [-0.25, -0.2) is 0 Å². The molecule has 1 atom stereocenters. The lowest BCUT2D eigenvalue weighted by Crippen LogP contribution is -2.28. The first-order chi connectivity index (χ1) is 13.0. The van der Waals surface area contributed by atoms with Crippen molar-refractivity contribution in [2.75, 3.05) is 18.5 Å². The molecular weight excluding hydrogens is 366 g/mol. The molecule has 0 saturated heterocycles. The predicted octanol–water partition coefficient (Wildman–Crippen LogP) is 3.05. The van der Waals surface area contributed by atoms with Gasteiger partial charge in [0.1, 0.15) is 23.5 Å². The number of hydrogen-bond acceptors (Lipinski definition) is 5. The molecule has 0 spiro atoms. The molecule has 1 heterocycles. The third-order valence-electron chi connectivity index (χ3n) is 3.88. The fraction of sp³-hybridized carbons (Fsp3) is 0.200. The molecule has 0 aliphatic rings. The van der Waals surface area contributed by atoms with Gasteiger partial charge in [0.15, 0.2) is 0 Å². The average Bonchev–Trinajstić information content (AvgIpc) is 2.68. The minimum atomic E-state index is -0.780. The summed E-state index contributed by atoms with van der Waals surface area (Å²) in [5.41, 5.74) is 1.64. The van der Waals surface area contributed by atoms with Crippen molar-refractivity contribution >= 4 is 17.3 Å². The molecule has 0 amide bonds. The van der Waals surface area contributed by atoms with E-state index >= 15 is 0 Å². The van der Waals surface area contributed by atoms with Gasteiger partial charge in [0.25, 0.3) is 5.56 Å². The van der Waals surface area contributed by atoms with Gasteiger partial charge in [-0.2, -0.15) is 9.78 Å². The number of aliphatic hydroxyl groups is 1. The van der Waals surface area contributed by atoms with Crippen LogP contribution in [0, 0.1) is 6.92 Å². The zero-order valence-corrected chi connectivity index (χ0v) is 15.6. The van der Waals surface area contributed by atoms with Gasteiger partial charge in [0.2, 0.25) is 0 Å². The highest BCUT2D eigenvalue weighted by molar-refractivity contribution is 6.32. The number of aryl methyl sites for hydroxylation is 1. The quantitative estimate of drug-likeness (QED) is 0.653. The van der Waals surface area contributed by atoms with E-state index in [9.17, 15) is 9.90 Å². The van der Waals surface area contributed by atoms with Gasteiger partial charge in [-0.3, -0.25) is 4.79 Å². The molecule has 0 saturated carbocycles. The van der Waals surface area contributed by atoms with Crippen molar-refractivity contribution in [3.63, 3.8) is 0 Å². The van der Waals surface area contributed by atoms with E-state index in [0.717, 1.165) is 5.56 Å². The standard InChI is InChI=1S/C20H20ClN3O3/c1-14-6-5-9-17(10-14)27-13-16(25)11-22-18-12-23-24(20(26)19(18)21)15-7-3-2-4-8-15/h2-10,12,16,22,25H,11,13H2,1H3. The number of aliphatic hydroxyl groups excluding tert-OH is 1. The Hall–Kier alpha value is -2.83. The van der Waals surface area contributed by atoms with Crippen LogP contribution in [0.4, 0.5) is 5.69 Å². The summed E-state index contributed by atoms with van der Waals surface area (Å²) in [5, 5.41) is 17.2. The van der Waals surface area contributed by atoms with Crippen LogP contribution in [-0.2, 0) is 0 Å². The van der Waals surface area contributed by atoms with Crippen LogP contribution >= 0.6 is 11.6 Å². The summed E-state index contributed by atoms with van der Waals surface area (Å²) in [5.74, 6) is 0.694. The molecule has 0 aliphatic heterocycles.